The van der Waals surface area contributed by atoms with Crippen molar-refractivity contribution in [1.29, 1.82) is 0 Å². The van der Waals surface area contributed by atoms with Crippen LogP contribution in [0.1, 0.15) is 50.0 Å². The number of carbonyl (C=O) groups is 1. The second-order valence-corrected chi connectivity index (χ2v) is 15.0. The van der Waals surface area contributed by atoms with Gasteiger partial charge >= 0.3 is 240 Å². The van der Waals surface area contributed by atoms with Crippen LogP contribution in [0.2, 0.25) is 0 Å². The van der Waals surface area contributed by atoms with Gasteiger partial charge in [-0.05, 0) is 0 Å². The van der Waals surface area contributed by atoms with E-state index in [1.165, 1.54) is 48.8 Å². The van der Waals surface area contributed by atoms with E-state index in [4.69, 9.17) is 14.5 Å². The Labute approximate surface area is 238 Å². The third-order valence-corrected chi connectivity index (χ3v) is 11.9. The van der Waals surface area contributed by atoms with Crippen LogP contribution in [0.25, 0.3) is 11.0 Å². The number of hydrogen-bond acceptors (Lipinski definition) is 6. The van der Waals surface area contributed by atoms with Crippen molar-refractivity contribution >= 4 is 71.0 Å². The Balaban J connectivity index is 1.61. The number of benzene rings is 2. The maximum absolute atomic E-state index is 12.2. The molecule has 0 saturated carbocycles. The molecule has 0 spiro atoms. The summed E-state index contributed by atoms with van der Waals surface area (Å²) in [4.78, 5) is 24.8. The summed E-state index contributed by atoms with van der Waals surface area (Å²) < 4.78 is 16.4. The monoisotopic (exact) mass is 728 g/mol. The van der Waals surface area contributed by atoms with Gasteiger partial charge in [0.2, 0.25) is 0 Å². The molecule has 0 aliphatic carbocycles. The van der Waals surface area contributed by atoms with E-state index in [-0.39, 0.29) is 48.1 Å². The number of ether oxygens (including phenoxy) is 2. The summed E-state index contributed by atoms with van der Waals surface area (Å²) in [5.74, 6) is 1.18. The Hall–Kier alpha value is -2.41. The number of H-pyrrole nitrogens is 1. The molecule has 0 saturated heterocycles. The number of pyridine rings is 1. The van der Waals surface area contributed by atoms with Crippen LogP contribution in [-0.2, 0) is 4.74 Å². The molecule has 4 aromatic rings. The number of imidazole rings is 1. The van der Waals surface area contributed by atoms with Gasteiger partial charge in [0.05, 0.1) is 0 Å². The van der Waals surface area contributed by atoms with Crippen LogP contribution in [0.5, 0.6) is 11.6 Å². The third-order valence-electron chi connectivity index (χ3n) is 5.54. The van der Waals surface area contributed by atoms with Crippen LogP contribution in [0.15, 0.2) is 54.6 Å². The first-order chi connectivity index (χ1) is 18.1. The van der Waals surface area contributed by atoms with Gasteiger partial charge in [-0.2, -0.15) is 0 Å². The number of halogens is 2. The number of nitrogens with zero attached hydrogens (tertiary/aromatic N) is 2. The number of carbonyl (C=O) groups excluding carboxylic acids is 1. The summed E-state index contributed by atoms with van der Waals surface area (Å²) in [5.41, 5.74) is 2.72. The topological polar surface area (TPSA) is 89.1 Å². The Bertz CT molecular complexity index is 1340. The summed E-state index contributed by atoms with van der Waals surface area (Å²) in [6, 6.07) is 18.0. The number of nitrogens with one attached hydrogen (secondary N) is 2. The minimum absolute atomic E-state index is 0.179. The minimum atomic E-state index is -0.510. The molecule has 198 valence electrons. The van der Waals surface area contributed by atoms with Crippen LogP contribution < -0.4 is 10.1 Å². The summed E-state index contributed by atoms with van der Waals surface area (Å²) in [7, 11) is 1.35. The molecule has 7 nitrogen and oxygen atoms in total. The summed E-state index contributed by atoms with van der Waals surface area (Å²) in [6.07, 6.45) is 4.93. The molecule has 2 heterocycles. The third kappa shape index (κ3) is 7.56. The molecule has 0 unspecified atom stereocenters. The van der Waals surface area contributed by atoms with Crippen molar-refractivity contribution in [3.05, 3.63) is 67.4 Å². The number of hydrogen-bond donors (Lipinski definition) is 2. The number of rotatable bonds is 13. The van der Waals surface area contributed by atoms with Crippen LogP contribution in [0.4, 0.5) is 11.6 Å². The Kier molecular flexibility index (Phi) is 10.4. The zero-order valence-electron chi connectivity index (χ0n) is 21.4. The Morgan fingerprint density at radius 2 is 1.76 bits per heavy atom. The van der Waals surface area contributed by atoms with Gasteiger partial charge in [0.25, 0.3) is 0 Å². The van der Waals surface area contributed by atoms with Gasteiger partial charge in [0.1, 0.15) is 0 Å². The number of esters is 1. The molecular formula is C28H34I2N4O3. The van der Waals surface area contributed by atoms with E-state index < -0.39 is 5.97 Å². The van der Waals surface area contributed by atoms with E-state index in [2.05, 4.69) is 53.4 Å². The second kappa shape index (κ2) is 13.9. The zero-order valence-corrected chi connectivity index (χ0v) is 26.0. The first-order valence-corrected chi connectivity index (χ1v) is 18.1. The Morgan fingerprint density at radius 3 is 2.54 bits per heavy atom. The molecule has 0 bridgehead atoms. The molecular weight excluding hydrogens is 694 g/mol. The van der Waals surface area contributed by atoms with E-state index in [0.717, 1.165) is 16.8 Å². The molecule has 37 heavy (non-hydrogen) atoms. The molecule has 0 atom stereocenters. The van der Waals surface area contributed by atoms with Crippen LogP contribution in [-0.4, -0.2) is 36.9 Å². The fourth-order valence-electron chi connectivity index (χ4n) is 3.52. The fraction of sp³-hybridized carbons (Fsp3) is 0.321. The summed E-state index contributed by atoms with van der Waals surface area (Å²) in [5, 5.41) is 3.32. The molecule has 0 fully saturated rings. The van der Waals surface area contributed by atoms with Gasteiger partial charge in [0.15, 0.2) is 0 Å². The zero-order chi connectivity index (χ0) is 26.0. The van der Waals surface area contributed by atoms with Gasteiger partial charge in [0, 0.05) is 0 Å². The van der Waals surface area contributed by atoms with Gasteiger partial charge in [-0.25, -0.2) is 0 Å². The molecule has 0 amide bonds. The number of anilines is 2. The van der Waals surface area contributed by atoms with E-state index in [0.29, 0.717) is 17.5 Å². The van der Waals surface area contributed by atoms with E-state index in [9.17, 15) is 4.79 Å². The van der Waals surface area contributed by atoms with E-state index in [1.807, 2.05) is 18.2 Å². The van der Waals surface area contributed by atoms with Crippen molar-refractivity contribution in [2.45, 2.75) is 39.5 Å². The molecule has 0 aliphatic rings. The number of methoxy groups -OCH3 is 1. The number of aromatic amines is 1. The number of aromatic nitrogens is 3. The number of alkyl halides is 2. The van der Waals surface area contributed by atoms with Crippen molar-refractivity contribution in [1.82, 2.24) is 15.0 Å². The second-order valence-electron chi connectivity index (χ2n) is 8.38. The first kappa shape index (κ1) is 27.6. The van der Waals surface area contributed by atoms with Crippen molar-refractivity contribution in [3.8, 4) is 11.6 Å². The van der Waals surface area contributed by atoms with Crippen LogP contribution in [0, 0.1) is 7.14 Å². The average Bonchev–Trinajstić information content (AvgIpc) is 3.32. The molecule has 4 rings (SSSR count). The first-order valence-electron chi connectivity index (χ1n) is 12.5. The number of para-hydroxylation sites is 1. The normalized spacial score (nSPS) is 11.2. The van der Waals surface area contributed by atoms with Crippen molar-refractivity contribution < 1.29 is 14.3 Å². The predicted octanol–water partition coefficient (Wildman–Crippen LogP) is 7.63. The van der Waals surface area contributed by atoms with E-state index >= 15 is 0 Å². The molecule has 2 N–H and O–H groups in total. The van der Waals surface area contributed by atoms with Gasteiger partial charge in [-0.1, -0.05) is 0 Å². The number of fused-ring (bicyclic) bond motifs is 1. The maximum atomic E-state index is 12.2. The van der Waals surface area contributed by atoms with Gasteiger partial charge in [-0.3, -0.25) is 0 Å². The molecule has 2 aromatic carbocycles. The molecule has 9 heteroatoms. The SMILES string of the molecule is CCCC[IH]c1ccc2nc(Nc3ccc(C(=O)OC)nc3Oc3ccccc3[IH]CCCC)[nH]c2c1. The van der Waals surface area contributed by atoms with E-state index in [1.54, 1.807) is 12.1 Å². The van der Waals surface area contributed by atoms with Gasteiger partial charge < -0.3 is 0 Å². The molecule has 0 aliphatic heterocycles. The van der Waals surface area contributed by atoms with Crippen LogP contribution in [0.3, 0.4) is 0 Å². The average molecular weight is 728 g/mol. The standard InChI is InChI=1S/C28H34I2N4O3/c1-4-6-16-29-19-12-13-21-24(18-19)34-28(32-21)33-22-14-15-23(27(35)36-3)31-26(22)37-25-11-9-8-10-20(25)30-17-7-5-2/h8-15,18,29-30H,4-7,16-17H2,1-3H3,(H2,32,33,34). The quantitative estimate of drug-likeness (QED) is 0.0638. The number of unbranched alkanes of at least 4 members (excludes halogenated alkanes) is 2. The van der Waals surface area contributed by atoms with Crippen LogP contribution >= 0.6 is 42.4 Å². The molecule has 2 aromatic heterocycles. The summed E-state index contributed by atoms with van der Waals surface area (Å²) in [6.45, 7) is 4.45. The fourth-order valence-corrected chi connectivity index (χ4v) is 9.55. The van der Waals surface area contributed by atoms with Crippen molar-refractivity contribution in [2.75, 3.05) is 21.3 Å². The predicted molar refractivity (Wildman–Crippen MR) is 169 cm³/mol. The molecule has 0 radical (unpaired) electrons. The Morgan fingerprint density at radius 1 is 0.973 bits per heavy atom. The summed E-state index contributed by atoms with van der Waals surface area (Å²) >= 11 is -0.566. The van der Waals surface area contributed by atoms with Gasteiger partial charge in [-0.15, -0.1) is 0 Å². The van der Waals surface area contributed by atoms with Crippen molar-refractivity contribution in [2.24, 2.45) is 0 Å². The van der Waals surface area contributed by atoms with Crippen molar-refractivity contribution in [3.63, 3.8) is 0 Å².